The van der Waals surface area contributed by atoms with Gasteiger partial charge in [0.15, 0.2) is 11.8 Å². The van der Waals surface area contributed by atoms with E-state index in [1.54, 1.807) is 4.90 Å². The zero-order valence-electron chi connectivity index (χ0n) is 21.6. The molecule has 2 aromatic heterocycles. The lowest BCUT2D eigenvalue weighted by Gasteiger charge is -2.38. The first kappa shape index (κ1) is 27.1. The molecule has 0 spiro atoms. The number of carbonyl (C=O) groups is 1. The molecule has 14 heteroatoms. The molecule has 0 saturated carbocycles. The van der Waals surface area contributed by atoms with Gasteiger partial charge in [-0.1, -0.05) is 11.6 Å². The smallest absolute Gasteiger partial charge is 0.296 e. The molecule has 2 N–H and O–H groups in total. The van der Waals surface area contributed by atoms with Crippen molar-refractivity contribution >= 4 is 28.7 Å². The Morgan fingerprint density at radius 3 is 2.52 bits per heavy atom. The van der Waals surface area contributed by atoms with E-state index in [2.05, 4.69) is 15.0 Å². The van der Waals surface area contributed by atoms with Crippen LogP contribution >= 0.6 is 11.6 Å². The number of nitrogens with zero attached hydrogens (tertiary/aromatic N) is 3. The van der Waals surface area contributed by atoms with E-state index in [1.807, 2.05) is 13.8 Å². The number of hydrogen-bond donors (Lipinski definition) is 2. The van der Waals surface area contributed by atoms with Crippen molar-refractivity contribution in [1.29, 1.82) is 0 Å². The maximum atomic E-state index is 15.0. The summed E-state index contributed by atoms with van der Waals surface area (Å²) in [5.41, 5.74) is 0.172. The fraction of sp³-hybridized carbons (Fsp3) is 0.500. The molecule has 0 radical (unpaired) electrons. The summed E-state index contributed by atoms with van der Waals surface area (Å²) in [7, 11) is 0. The maximum Gasteiger partial charge on any atom is 0.296 e. The minimum absolute atomic E-state index is 0.0807. The summed E-state index contributed by atoms with van der Waals surface area (Å²) in [5.74, 6) is -2.42. The first-order chi connectivity index (χ1) is 19.2. The Hall–Kier alpha value is -3.10. The monoisotopic (exact) mass is 580 g/mol. The molecule has 1 amide bonds. The molecule has 6 atom stereocenters. The highest BCUT2D eigenvalue weighted by Crippen LogP contribution is 2.32. The van der Waals surface area contributed by atoms with Crippen molar-refractivity contribution in [1.82, 2.24) is 19.9 Å². The number of carbonyl (C=O) groups excluding carboxylic acids is 1. The van der Waals surface area contributed by atoms with E-state index in [-0.39, 0.29) is 59.0 Å². The van der Waals surface area contributed by atoms with Gasteiger partial charge in [-0.3, -0.25) is 4.79 Å². The number of fused-ring (bicyclic) bond motifs is 2. The quantitative estimate of drug-likeness (QED) is 0.452. The Kier molecular flexibility index (Phi) is 7.25. The van der Waals surface area contributed by atoms with E-state index in [1.165, 1.54) is 6.07 Å². The number of aromatic amines is 1. The summed E-state index contributed by atoms with van der Waals surface area (Å²) in [6, 6.07) is 3.18. The van der Waals surface area contributed by atoms with E-state index in [0.29, 0.717) is 18.7 Å². The van der Waals surface area contributed by atoms with Crippen LogP contribution in [0.4, 0.5) is 8.78 Å². The van der Waals surface area contributed by atoms with E-state index in [4.69, 9.17) is 35.3 Å². The number of imidazole rings is 1. The largest absolute Gasteiger partial charge is 0.471 e. The van der Waals surface area contributed by atoms with E-state index in [9.17, 15) is 18.7 Å². The fourth-order valence-corrected chi connectivity index (χ4v) is 5.49. The molecule has 3 fully saturated rings. The minimum atomic E-state index is -0.930. The van der Waals surface area contributed by atoms with Crippen molar-refractivity contribution in [2.75, 3.05) is 26.4 Å². The second-order valence-corrected chi connectivity index (χ2v) is 10.6. The van der Waals surface area contributed by atoms with E-state index >= 15 is 0 Å². The first-order valence-corrected chi connectivity index (χ1v) is 13.2. The first-order valence-electron chi connectivity index (χ1n) is 12.8. The molecule has 0 bridgehead atoms. The van der Waals surface area contributed by atoms with Gasteiger partial charge in [-0.15, -0.1) is 0 Å². The molecule has 11 nitrogen and oxygen atoms in total. The Labute approximate surface area is 232 Å². The van der Waals surface area contributed by atoms with Gasteiger partial charge >= 0.3 is 0 Å². The van der Waals surface area contributed by atoms with Crippen LogP contribution in [0.5, 0.6) is 11.9 Å². The van der Waals surface area contributed by atoms with Crippen molar-refractivity contribution in [3.63, 3.8) is 0 Å². The van der Waals surface area contributed by atoms with Gasteiger partial charge in [-0.05, 0) is 32.0 Å². The van der Waals surface area contributed by atoms with Crippen LogP contribution < -0.4 is 9.47 Å². The molecule has 1 aromatic carbocycles. The average Bonchev–Trinajstić information content (AvgIpc) is 3.59. The number of hydrogen-bond acceptors (Lipinski definition) is 9. The van der Waals surface area contributed by atoms with Gasteiger partial charge in [0.1, 0.15) is 41.6 Å². The number of amides is 1. The van der Waals surface area contributed by atoms with Crippen LogP contribution in [0.15, 0.2) is 18.2 Å². The van der Waals surface area contributed by atoms with Gasteiger partial charge in [0.05, 0.1) is 49.6 Å². The lowest BCUT2D eigenvalue weighted by Crippen LogP contribution is -2.52. The number of morpholine rings is 1. The molecule has 2 unspecified atom stereocenters. The zero-order chi connectivity index (χ0) is 28.1. The van der Waals surface area contributed by atoms with E-state index in [0.717, 1.165) is 12.1 Å². The van der Waals surface area contributed by atoms with Crippen LogP contribution in [-0.2, 0) is 20.8 Å². The van der Waals surface area contributed by atoms with Crippen molar-refractivity contribution in [3.8, 4) is 11.9 Å². The number of pyridine rings is 1. The number of ether oxygens (including phenoxy) is 5. The summed E-state index contributed by atoms with van der Waals surface area (Å²) < 4.78 is 57.9. The molecule has 3 saturated heterocycles. The summed E-state index contributed by atoms with van der Waals surface area (Å²) in [6.07, 6.45) is -2.07. The van der Waals surface area contributed by atoms with Crippen LogP contribution in [0, 0.1) is 11.6 Å². The van der Waals surface area contributed by atoms with Crippen molar-refractivity contribution in [2.24, 2.45) is 0 Å². The van der Waals surface area contributed by atoms with Crippen molar-refractivity contribution in [2.45, 2.75) is 57.0 Å². The highest BCUT2D eigenvalue weighted by molar-refractivity contribution is 6.32. The molecule has 3 aliphatic heterocycles. The number of rotatable bonds is 6. The van der Waals surface area contributed by atoms with Crippen LogP contribution in [0.3, 0.4) is 0 Å². The number of aliphatic hydroxyl groups excluding tert-OH is 1. The Morgan fingerprint density at radius 2 is 1.80 bits per heavy atom. The predicted octanol–water partition coefficient (Wildman–Crippen LogP) is 2.62. The molecule has 40 heavy (non-hydrogen) atoms. The summed E-state index contributed by atoms with van der Waals surface area (Å²) in [6.45, 7) is 4.20. The second kappa shape index (κ2) is 10.7. The topological polar surface area (TPSA) is 128 Å². The summed E-state index contributed by atoms with van der Waals surface area (Å²) in [5, 5.41) is 9.98. The van der Waals surface area contributed by atoms with Gasteiger partial charge in [0, 0.05) is 5.56 Å². The Bertz CT molecular complexity index is 1410. The lowest BCUT2D eigenvalue weighted by atomic mass is 10.1. The molecule has 3 aromatic rings. The van der Waals surface area contributed by atoms with Crippen LogP contribution in [-0.4, -0.2) is 93.8 Å². The standard InChI is InChI=1S/C26H27ClF2N4O7/c1-11-6-36-7-12(2)33(11)25(35)13-3-16(28)14(17(29)4-13)8-39-24-15(27)5-18-23(31-24)32-26(30-18)40-20-10-38-21-19(34)9-37-22(20)21/h3-5,11-12,19-22,34H,6-10H2,1-2H3,(H,30,31,32)/t11-,12+,19-,20-,21?,22?/m1/s1. The van der Waals surface area contributed by atoms with Crippen molar-refractivity contribution in [3.05, 3.63) is 46.0 Å². The normalized spacial score (nSPS) is 28.2. The van der Waals surface area contributed by atoms with Crippen molar-refractivity contribution < 1.29 is 42.4 Å². The number of benzene rings is 1. The SMILES string of the molecule is C[C@@H]1COC[C@H](C)N1C(=O)c1cc(F)c(COc2nc3nc(O[C@@H]4COC5C4OC[C@H]5O)[nH]c3cc2Cl)c(F)c1. The third-order valence-electron chi connectivity index (χ3n) is 7.26. The summed E-state index contributed by atoms with van der Waals surface area (Å²) >= 11 is 6.31. The van der Waals surface area contributed by atoms with Gasteiger partial charge < -0.3 is 38.7 Å². The molecule has 3 aliphatic rings. The summed E-state index contributed by atoms with van der Waals surface area (Å²) in [4.78, 5) is 26.1. The molecular weight excluding hydrogens is 554 g/mol. The number of aliphatic hydroxyl groups is 1. The molecule has 0 aliphatic carbocycles. The van der Waals surface area contributed by atoms with Gasteiger partial charge in [-0.25, -0.2) is 8.78 Å². The Balaban J connectivity index is 1.15. The third-order valence-corrected chi connectivity index (χ3v) is 7.53. The van der Waals surface area contributed by atoms with E-state index < -0.39 is 48.6 Å². The lowest BCUT2D eigenvalue weighted by molar-refractivity contribution is -0.0250. The molecule has 214 valence electrons. The fourth-order valence-electron chi connectivity index (χ4n) is 5.28. The number of H-pyrrole nitrogens is 1. The third kappa shape index (κ3) is 4.96. The highest BCUT2D eigenvalue weighted by Gasteiger charge is 2.48. The predicted molar refractivity (Wildman–Crippen MR) is 135 cm³/mol. The highest BCUT2D eigenvalue weighted by atomic mass is 35.5. The van der Waals surface area contributed by atoms with Gasteiger partial charge in [0.25, 0.3) is 11.9 Å². The number of halogens is 3. The van der Waals surface area contributed by atoms with Crippen LogP contribution in [0.2, 0.25) is 5.02 Å². The second-order valence-electron chi connectivity index (χ2n) is 10.2. The average molecular weight is 581 g/mol. The molecule has 6 rings (SSSR count). The Morgan fingerprint density at radius 1 is 1.10 bits per heavy atom. The molecule has 5 heterocycles. The number of nitrogens with one attached hydrogen (secondary N) is 1. The number of aromatic nitrogens is 3. The minimum Gasteiger partial charge on any atom is -0.471 e. The van der Waals surface area contributed by atoms with Gasteiger partial charge in [0.2, 0.25) is 5.88 Å². The van der Waals surface area contributed by atoms with Crippen LogP contribution in [0.25, 0.3) is 11.2 Å². The molecular formula is C26H27ClF2N4O7. The van der Waals surface area contributed by atoms with Gasteiger partial charge in [-0.2, -0.15) is 9.97 Å². The van der Waals surface area contributed by atoms with Crippen LogP contribution in [0.1, 0.15) is 29.8 Å². The zero-order valence-corrected chi connectivity index (χ0v) is 22.4. The maximum absolute atomic E-state index is 15.0.